The lowest BCUT2D eigenvalue weighted by atomic mass is 10.1. The monoisotopic (exact) mass is 247 g/mol. The highest BCUT2D eigenvalue weighted by Gasteiger charge is 2.15. The van der Waals surface area contributed by atoms with Crippen molar-refractivity contribution in [3.8, 4) is 0 Å². The van der Waals surface area contributed by atoms with Gasteiger partial charge in [-0.1, -0.05) is 6.92 Å². The Labute approximate surface area is 106 Å². The van der Waals surface area contributed by atoms with Gasteiger partial charge in [-0.3, -0.25) is 0 Å². The third-order valence-corrected chi connectivity index (χ3v) is 3.46. The Bertz CT molecular complexity index is 453. The summed E-state index contributed by atoms with van der Waals surface area (Å²) in [6.45, 7) is 5.29. The number of nitrogens with one attached hydrogen (secondary N) is 1. The molecule has 2 heterocycles. The van der Waals surface area contributed by atoms with E-state index in [4.69, 9.17) is 0 Å². The molecule has 0 spiro atoms. The van der Waals surface area contributed by atoms with Crippen molar-refractivity contribution in [1.29, 1.82) is 0 Å². The molecule has 0 aliphatic rings. The number of rotatable bonds is 5. The zero-order chi connectivity index (χ0) is 12.1. The van der Waals surface area contributed by atoms with E-state index in [9.17, 15) is 0 Å². The molecule has 0 bridgehead atoms. The van der Waals surface area contributed by atoms with Gasteiger partial charge in [-0.25, -0.2) is 9.97 Å². The molecule has 2 aromatic heterocycles. The summed E-state index contributed by atoms with van der Waals surface area (Å²) in [5.41, 5.74) is 2.32. The second-order valence-corrected chi connectivity index (χ2v) is 5.13. The molecule has 0 aromatic carbocycles. The van der Waals surface area contributed by atoms with Gasteiger partial charge in [0.1, 0.15) is 6.33 Å². The van der Waals surface area contributed by atoms with E-state index in [2.05, 4.69) is 40.6 Å². The quantitative estimate of drug-likeness (QED) is 0.882. The van der Waals surface area contributed by atoms with Crippen LogP contribution in [-0.2, 0) is 0 Å². The van der Waals surface area contributed by atoms with Crippen LogP contribution >= 0.6 is 11.3 Å². The van der Waals surface area contributed by atoms with Crippen LogP contribution in [0.15, 0.2) is 30.0 Å². The molecule has 0 saturated carbocycles. The van der Waals surface area contributed by atoms with Crippen molar-refractivity contribution in [3.05, 3.63) is 46.2 Å². The molecule has 0 amide bonds. The number of hydrogen-bond acceptors (Lipinski definition) is 4. The number of hydrogen-bond donors (Lipinski definition) is 1. The average molecular weight is 247 g/mol. The molecule has 4 heteroatoms. The predicted octanol–water partition coefficient (Wildman–Crippen LogP) is 2.94. The first kappa shape index (κ1) is 12.2. The van der Waals surface area contributed by atoms with Crippen molar-refractivity contribution in [2.45, 2.75) is 26.3 Å². The molecule has 1 atom stereocenters. The second-order valence-electron chi connectivity index (χ2n) is 4.01. The molecular weight excluding hydrogens is 230 g/mol. The number of aryl methyl sites for hydroxylation is 1. The molecule has 17 heavy (non-hydrogen) atoms. The second kappa shape index (κ2) is 5.89. The average Bonchev–Trinajstić information content (AvgIpc) is 2.78. The summed E-state index contributed by atoms with van der Waals surface area (Å²) in [5, 5.41) is 5.73. The Morgan fingerprint density at radius 1 is 1.47 bits per heavy atom. The third kappa shape index (κ3) is 3.11. The molecule has 1 unspecified atom stereocenters. The van der Waals surface area contributed by atoms with Gasteiger partial charge in [0.05, 0.1) is 11.7 Å². The largest absolute Gasteiger partial charge is 0.305 e. The van der Waals surface area contributed by atoms with Crippen LogP contribution in [0.2, 0.25) is 0 Å². The van der Waals surface area contributed by atoms with Gasteiger partial charge >= 0.3 is 0 Å². The van der Waals surface area contributed by atoms with Crippen molar-refractivity contribution in [3.63, 3.8) is 0 Å². The lowest BCUT2D eigenvalue weighted by Crippen LogP contribution is -2.23. The van der Waals surface area contributed by atoms with E-state index in [1.165, 1.54) is 10.4 Å². The van der Waals surface area contributed by atoms with Crippen LogP contribution in [0.3, 0.4) is 0 Å². The smallest absolute Gasteiger partial charge is 0.115 e. The van der Waals surface area contributed by atoms with Crippen LogP contribution in [0.1, 0.15) is 35.5 Å². The molecule has 0 aliphatic heterocycles. The summed E-state index contributed by atoms with van der Waals surface area (Å²) in [6.07, 6.45) is 4.52. The van der Waals surface area contributed by atoms with Gasteiger partial charge in [-0.2, -0.15) is 0 Å². The molecule has 2 aromatic rings. The summed E-state index contributed by atoms with van der Waals surface area (Å²) in [7, 11) is 0. The zero-order valence-corrected chi connectivity index (χ0v) is 11.0. The maximum atomic E-state index is 4.35. The molecule has 3 nitrogen and oxygen atoms in total. The first-order valence-corrected chi connectivity index (χ1v) is 6.73. The molecular formula is C13H17N3S. The van der Waals surface area contributed by atoms with E-state index in [1.807, 2.05) is 6.07 Å². The molecule has 1 N–H and O–H groups in total. The van der Waals surface area contributed by atoms with Gasteiger partial charge in [0.15, 0.2) is 0 Å². The van der Waals surface area contributed by atoms with Gasteiger partial charge in [0.2, 0.25) is 0 Å². The Balaban J connectivity index is 2.25. The molecule has 0 saturated heterocycles. The van der Waals surface area contributed by atoms with E-state index in [0.29, 0.717) is 0 Å². The van der Waals surface area contributed by atoms with E-state index in [1.54, 1.807) is 23.9 Å². The van der Waals surface area contributed by atoms with Crippen molar-refractivity contribution in [2.75, 3.05) is 6.54 Å². The highest BCUT2D eigenvalue weighted by Crippen LogP contribution is 2.24. The highest BCUT2D eigenvalue weighted by atomic mass is 32.1. The minimum absolute atomic E-state index is 0.183. The lowest BCUT2D eigenvalue weighted by molar-refractivity contribution is 0.586. The van der Waals surface area contributed by atoms with Crippen molar-refractivity contribution in [2.24, 2.45) is 0 Å². The molecule has 2 rings (SSSR count). The first-order chi connectivity index (χ1) is 8.31. The van der Waals surface area contributed by atoms with Gasteiger partial charge in [-0.05, 0) is 43.0 Å². The fourth-order valence-electron chi connectivity index (χ4n) is 1.77. The van der Waals surface area contributed by atoms with Gasteiger partial charge in [0.25, 0.3) is 0 Å². The highest BCUT2D eigenvalue weighted by molar-refractivity contribution is 7.10. The standard InChI is InChI=1S/C13H17N3S/c1-3-5-15-13(11-7-10(2)17-8-11)12-4-6-14-9-16-12/h4,6-9,13,15H,3,5H2,1-2H3. The van der Waals surface area contributed by atoms with E-state index in [0.717, 1.165) is 18.7 Å². The van der Waals surface area contributed by atoms with Crippen LogP contribution in [0.4, 0.5) is 0 Å². The Hall–Kier alpha value is -1.26. The fraction of sp³-hybridized carbons (Fsp3) is 0.385. The summed E-state index contributed by atoms with van der Waals surface area (Å²) in [4.78, 5) is 9.65. The Kier molecular flexibility index (Phi) is 4.23. The number of nitrogens with zero attached hydrogens (tertiary/aromatic N) is 2. The van der Waals surface area contributed by atoms with Crippen LogP contribution in [0.25, 0.3) is 0 Å². The Morgan fingerprint density at radius 3 is 2.94 bits per heavy atom. The van der Waals surface area contributed by atoms with Gasteiger partial charge < -0.3 is 5.32 Å². The predicted molar refractivity (Wildman–Crippen MR) is 71.2 cm³/mol. The minimum atomic E-state index is 0.183. The normalized spacial score (nSPS) is 12.6. The lowest BCUT2D eigenvalue weighted by Gasteiger charge is -2.16. The SMILES string of the molecule is CCCNC(c1csc(C)c1)c1ccncn1. The van der Waals surface area contributed by atoms with Gasteiger partial charge in [-0.15, -0.1) is 11.3 Å². The maximum Gasteiger partial charge on any atom is 0.115 e. The summed E-state index contributed by atoms with van der Waals surface area (Å²) < 4.78 is 0. The molecule has 0 fully saturated rings. The number of aromatic nitrogens is 2. The van der Waals surface area contributed by atoms with E-state index >= 15 is 0 Å². The maximum absolute atomic E-state index is 4.35. The van der Waals surface area contributed by atoms with Crippen LogP contribution in [0, 0.1) is 6.92 Å². The molecule has 0 radical (unpaired) electrons. The summed E-state index contributed by atoms with van der Waals surface area (Å²) in [5.74, 6) is 0. The Morgan fingerprint density at radius 2 is 2.35 bits per heavy atom. The van der Waals surface area contributed by atoms with Crippen molar-refractivity contribution in [1.82, 2.24) is 15.3 Å². The molecule has 0 aliphatic carbocycles. The zero-order valence-electron chi connectivity index (χ0n) is 10.2. The fourth-order valence-corrected chi connectivity index (χ4v) is 2.50. The van der Waals surface area contributed by atoms with Crippen LogP contribution in [0.5, 0.6) is 0 Å². The summed E-state index contributed by atoms with van der Waals surface area (Å²) in [6, 6.07) is 4.38. The minimum Gasteiger partial charge on any atom is -0.305 e. The van der Waals surface area contributed by atoms with Gasteiger partial charge in [0, 0.05) is 11.1 Å². The topological polar surface area (TPSA) is 37.8 Å². The van der Waals surface area contributed by atoms with Crippen LogP contribution < -0.4 is 5.32 Å². The third-order valence-electron chi connectivity index (χ3n) is 2.58. The van der Waals surface area contributed by atoms with Crippen LogP contribution in [-0.4, -0.2) is 16.5 Å². The first-order valence-electron chi connectivity index (χ1n) is 5.85. The molecule has 90 valence electrons. The van der Waals surface area contributed by atoms with E-state index < -0.39 is 0 Å². The summed E-state index contributed by atoms with van der Waals surface area (Å²) >= 11 is 1.78. The number of thiophene rings is 1. The van der Waals surface area contributed by atoms with E-state index in [-0.39, 0.29) is 6.04 Å². The van der Waals surface area contributed by atoms with Crippen molar-refractivity contribution >= 4 is 11.3 Å². The van der Waals surface area contributed by atoms with Crippen molar-refractivity contribution < 1.29 is 0 Å².